The van der Waals surface area contributed by atoms with Gasteiger partial charge in [0.05, 0.1) is 6.10 Å². The van der Waals surface area contributed by atoms with Crippen molar-refractivity contribution in [3.05, 3.63) is 75.6 Å². The monoisotopic (exact) mass is 441 g/mol. The molecule has 1 heterocycles. The molecule has 2 aromatic carbocycles. The molecule has 1 aromatic heterocycles. The first kappa shape index (κ1) is 22.1. The van der Waals surface area contributed by atoms with Gasteiger partial charge in [-0.05, 0) is 44.0 Å². The Bertz CT molecular complexity index is 1040. The van der Waals surface area contributed by atoms with Crippen molar-refractivity contribution < 1.29 is 14.3 Å². The van der Waals surface area contributed by atoms with Crippen LogP contribution < -0.4 is 5.32 Å². The lowest BCUT2D eigenvalue weighted by Gasteiger charge is -2.12. The molecule has 6 heteroatoms. The maximum atomic E-state index is 12.9. The van der Waals surface area contributed by atoms with E-state index in [0.29, 0.717) is 26.7 Å². The zero-order valence-electron chi connectivity index (χ0n) is 17.2. The van der Waals surface area contributed by atoms with Crippen molar-refractivity contribution in [2.24, 2.45) is 0 Å². The van der Waals surface area contributed by atoms with Gasteiger partial charge in [0.2, 0.25) is 0 Å². The van der Waals surface area contributed by atoms with Gasteiger partial charge in [-0.1, -0.05) is 55.3 Å². The smallest absolute Gasteiger partial charge is 0.342 e. The fourth-order valence-corrected chi connectivity index (χ4v) is 4.27. The number of hydrogen-bond donors (Lipinski definition) is 1. The molecule has 0 aliphatic carbocycles. The molecule has 0 atom stereocenters. The van der Waals surface area contributed by atoms with Crippen molar-refractivity contribution in [1.82, 2.24) is 0 Å². The Morgan fingerprint density at radius 3 is 2.40 bits per heavy atom. The first-order chi connectivity index (χ1) is 14.4. The lowest BCUT2D eigenvalue weighted by Crippen LogP contribution is -2.16. The van der Waals surface area contributed by atoms with E-state index in [0.717, 1.165) is 18.4 Å². The highest BCUT2D eigenvalue weighted by Gasteiger charge is 2.25. The molecule has 0 fully saturated rings. The van der Waals surface area contributed by atoms with Gasteiger partial charge in [0.25, 0.3) is 5.91 Å². The molecule has 0 unspecified atom stereocenters. The fraction of sp³-hybridized carbons (Fsp3) is 0.250. The molecule has 1 amide bonds. The van der Waals surface area contributed by atoms with Gasteiger partial charge in [0.15, 0.2) is 0 Å². The van der Waals surface area contributed by atoms with Gasteiger partial charge in [-0.3, -0.25) is 4.79 Å². The highest BCUT2D eigenvalue weighted by molar-refractivity contribution is 7.15. The highest BCUT2D eigenvalue weighted by atomic mass is 35.5. The van der Waals surface area contributed by atoms with Crippen molar-refractivity contribution in [2.75, 3.05) is 5.32 Å². The summed E-state index contributed by atoms with van der Waals surface area (Å²) in [5, 5.41) is 5.66. The number of carbonyl (C=O) groups excluding carboxylic acids is 2. The Labute approximate surface area is 185 Å². The zero-order valence-corrected chi connectivity index (χ0v) is 18.8. The fourth-order valence-electron chi connectivity index (χ4n) is 3.09. The van der Waals surface area contributed by atoms with Gasteiger partial charge in [0, 0.05) is 27.1 Å². The maximum absolute atomic E-state index is 12.9. The molecule has 0 aliphatic rings. The Hall–Kier alpha value is -2.63. The molecule has 0 saturated carbocycles. The van der Waals surface area contributed by atoms with Gasteiger partial charge in [0.1, 0.15) is 10.6 Å². The highest BCUT2D eigenvalue weighted by Crippen LogP contribution is 2.39. The van der Waals surface area contributed by atoms with Gasteiger partial charge in [-0.2, -0.15) is 0 Å². The topological polar surface area (TPSA) is 55.4 Å². The van der Waals surface area contributed by atoms with Crippen LogP contribution in [-0.2, 0) is 11.2 Å². The summed E-state index contributed by atoms with van der Waals surface area (Å²) in [6.45, 7) is 5.69. The summed E-state index contributed by atoms with van der Waals surface area (Å²) in [5.74, 6) is -0.765. The number of halogens is 1. The van der Waals surface area contributed by atoms with Crippen molar-refractivity contribution in [3.8, 4) is 11.1 Å². The van der Waals surface area contributed by atoms with Crippen LogP contribution in [0.5, 0.6) is 0 Å². The van der Waals surface area contributed by atoms with E-state index in [2.05, 4.69) is 12.2 Å². The summed E-state index contributed by atoms with van der Waals surface area (Å²) in [6.07, 6.45) is 1.73. The minimum Gasteiger partial charge on any atom is -0.459 e. The van der Waals surface area contributed by atoms with Crippen molar-refractivity contribution in [3.63, 3.8) is 0 Å². The number of rotatable bonds is 7. The van der Waals surface area contributed by atoms with Crippen LogP contribution in [0, 0.1) is 0 Å². The van der Waals surface area contributed by atoms with Gasteiger partial charge < -0.3 is 10.1 Å². The molecule has 0 bridgehead atoms. The Morgan fingerprint density at radius 2 is 1.77 bits per heavy atom. The second kappa shape index (κ2) is 9.92. The molecule has 30 heavy (non-hydrogen) atoms. The van der Waals surface area contributed by atoms with Gasteiger partial charge in [-0.25, -0.2) is 4.79 Å². The van der Waals surface area contributed by atoms with E-state index in [1.54, 1.807) is 32.0 Å². The first-order valence-electron chi connectivity index (χ1n) is 9.88. The van der Waals surface area contributed by atoms with Crippen molar-refractivity contribution in [2.45, 2.75) is 39.7 Å². The van der Waals surface area contributed by atoms with E-state index in [1.807, 2.05) is 35.7 Å². The molecule has 4 nitrogen and oxygen atoms in total. The molecular weight excluding hydrogens is 418 g/mol. The van der Waals surface area contributed by atoms with Crippen molar-refractivity contribution >= 4 is 39.8 Å². The molecule has 1 N–H and O–H groups in total. The number of carbonyl (C=O) groups is 2. The number of benzene rings is 2. The second-order valence-electron chi connectivity index (χ2n) is 7.19. The molecule has 0 spiro atoms. The van der Waals surface area contributed by atoms with Crippen LogP contribution in [0.15, 0.2) is 53.9 Å². The minimum atomic E-state index is -0.491. The predicted octanol–water partition coefficient (Wildman–Crippen LogP) is 6.84. The number of hydrogen-bond acceptors (Lipinski definition) is 4. The molecule has 0 aliphatic heterocycles. The molecule has 3 rings (SSSR count). The van der Waals surface area contributed by atoms with Crippen LogP contribution in [0.25, 0.3) is 11.1 Å². The standard InChI is InChI=1S/C24H24ClNO3S/c1-4-7-16-10-12-17(13-11-16)22(27)26-23-21(24(28)29-15(2)3)19(14-30-23)18-8-5-6-9-20(18)25/h5-6,8-15H,4,7H2,1-3H3,(H,26,27). The summed E-state index contributed by atoms with van der Waals surface area (Å²) >= 11 is 7.64. The number of ether oxygens (including phenoxy) is 1. The van der Waals surface area contributed by atoms with Crippen LogP contribution in [0.3, 0.4) is 0 Å². The zero-order chi connectivity index (χ0) is 21.7. The largest absolute Gasteiger partial charge is 0.459 e. The Balaban J connectivity index is 1.95. The average molecular weight is 442 g/mol. The number of thiophene rings is 1. The molecule has 3 aromatic rings. The summed E-state index contributed by atoms with van der Waals surface area (Å²) in [7, 11) is 0. The van der Waals surface area contributed by atoms with E-state index in [4.69, 9.17) is 16.3 Å². The van der Waals surface area contributed by atoms with Crippen LogP contribution in [0.2, 0.25) is 5.02 Å². The number of amides is 1. The summed E-state index contributed by atoms with van der Waals surface area (Å²) in [6, 6.07) is 14.8. The maximum Gasteiger partial charge on any atom is 0.342 e. The van der Waals surface area contributed by atoms with Crippen LogP contribution in [0.4, 0.5) is 5.00 Å². The minimum absolute atomic E-state index is 0.274. The number of aryl methyl sites for hydroxylation is 1. The SMILES string of the molecule is CCCc1ccc(C(=O)Nc2scc(-c3ccccc3Cl)c2C(=O)OC(C)C)cc1. The summed E-state index contributed by atoms with van der Waals surface area (Å²) < 4.78 is 5.44. The van der Waals surface area contributed by atoms with Gasteiger partial charge >= 0.3 is 5.97 Å². The van der Waals surface area contributed by atoms with Crippen LogP contribution in [0.1, 0.15) is 53.5 Å². The van der Waals surface area contributed by atoms with Crippen LogP contribution in [-0.4, -0.2) is 18.0 Å². The Morgan fingerprint density at radius 1 is 1.07 bits per heavy atom. The Kier molecular flexibility index (Phi) is 7.29. The van der Waals surface area contributed by atoms with E-state index >= 15 is 0 Å². The van der Waals surface area contributed by atoms with Crippen LogP contribution >= 0.6 is 22.9 Å². The third-order valence-corrected chi connectivity index (χ3v) is 5.71. The molecular formula is C24H24ClNO3S. The van der Waals surface area contributed by atoms with E-state index in [1.165, 1.54) is 16.9 Å². The number of nitrogens with one attached hydrogen (secondary N) is 1. The lowest BCUT2D eigenvalue weighted by molar-refractivity contribution is 0.0380. The summed E-state index contributed by atoms with van der Waals surface area (Å²) in [5.41, 5.74) is 3.40. The molecule has 0 saturated heterocycles. The third-order valence-electron chi connectivity index (χ3n) is 4.48. The normalized spacial score (nSPS) is 10.8. The molecule has 156 valence electrons. The molecule has 0 radical (unpaired) electrons. The second-order valence-corrected chi connectivity index (χ2v) is 8.48. The number of anilines is 1. The first-order valence-corrected chi connectivity index (χ1v) is 11.1. The van der Waals surface area contributed by atoms with E-state index in [-0.39, 0.29) is 12.0 Å². The average Bonchev–Trinajstić information content (AvgIpc) is 3.12. The summed E-state index contributed by atoms with van der Waals surface area (Å²) in [4.78, 5) is 25.7. The third kappa shape index (κ3) is 5.10. The number of esters is 1. The van der Waals surface area contributed by atoms with E-state index in [9.17, 15) is 9.59 Å². The quantitative estimate of drug-likeness (QED) is 0.408. The van der Waals surface area contributed by atoms with E-state index < -0.39 is 5.97 Å². The lowest BCUT2D eigenvalue weighted by atomic mass is 10.0. The van der Waals surface area contributed by atoms with Gasteiger partial charge in [-0.15, -0.1) is 11.3 Å². The predicted molar refractivity (Wildman–Crippen MR) is 124 cm³/mol. The van der Waals surface area contributed by atoms with Crippen molar-refractivity contribution in [1.29, 1.82) is 0 Å².